The smallest absolute Gasteiger partial charge is 0.243 e. The quantitative estimate of drug-likeness (QED) is 0.707. The number of rotatable bonds is 5. The molecule has 1 aliphatic heterocycles. The fourth-order valence-electron chi connectivity index (χ4n) is 4.03. The molecule has 3 rings (SSSR count). The highest BCUT2D eigenvalue weighted by molar-refractivity contribution is 7.89. The van der Waals surface area contributed by atoms with Crippen LogP contribution in [0.5, 0.6) is 0 Å². The van der Waals surface area contributed by atoms with E-state index in [4.69, 9.17) is 11.6 Å². The number of benzene rings is 1. The van der Waals surface area contributed by atoms with Gasteiger partial charge in [-0.2, -0.15) is 4.31 Å². The maximum Gasteiger partial charge on any atom is 0.243 e. The summed E-state index contributed by atoms with van der Waals surface area (Å²) in [6, 6.07) is 3.37. The molecule has 2 fully saturated rings. The summed E-state index contributed by atoms with van der Waals surface area (Å²) in [7, 11) is -3.74. The van der Waals surface area contributed by atoms with Gasteiger partial charge < -0.3 is 5.32 Å². The molecule has 1 aromatic rings. The minimum atomic E-state index is -3.74. The van der Waals surface area contributed by atoms with Crippen molar-refractivity contribution in [1.82, 2.24) is 14.5 Å². The highest BCUT2D eigenvalue weighted by Gasteiger charge is 2.32. The molecule has 1 heterocycles. The fraction of sp³-hybridized carbons (Fsp3) is 0.650. The molecule has 0 unspecified atom stereocenters. The predicted octanol–water partition coefficient (Wildman–Crippen LogP) is 3.01. The second-order valence-corrected chi connectivity index (χ2v) is 10.2. The Kier molecular flexibility index (Phi) is 7.53. The monoisotopic (exact) mass is 445 g/mol. The Bertz CT molecular complexity index is 820. The van der Waals surface area contributed by atoms with Gasteiger partial charge in [0.05, 0.1) is 16.0 Å². The molecule has 0 aromatic heterocycles. The zero-order chi connectivity index (χ0) is 21.0. The first kappa shape index (κ1) is 22.5. The number of sulfonamides is 1. The van der Waals surface area contributed by atoms with Crippen molar-refractivity contribution < 1.29 is 17.6 Å². The molecule has 1 N–H and O–H groups in total. The van der Waals surface area contributed by atoms with E-state index >= 15 is 0 Å². The molecular formula is C20H29ClFN3O3S. The number of piperazine rings is 1. The molecule has 1 atom stereocenters. The second-order valence-electron chi connectivity index (χ2n) is 7.89. The first-order chi connectivity index (χ1) is 13.8. The molecule has 0 radical (unpaired) electrons. The van der Waals surface area contributed by atoms with Crippen LogP contribution >= 0.6 is 11.6 Å². The fourth-order valence-corrected chi connectivity index (χ4v) is 5.72. The Hall–Kier alpha value is -1.22. The van der Waals surface area contributed by atoms with Crippen LogP contribution in [-0.2, 0) is 14.8 Å². The van der Waals surface area contributed by atoms with Crippen LogP contribution < -0.4 is 5.32 Å². The minimum absolute atomic E-state index is 0.0125. The molecule has 1 aromatic carbocycles. The zero-order valence-electron chi connectivity index (χ0n) is 16.7. The topological polar surface area (TPSA) is 69.7 Å². The number of carbonyl (C=O) groups is 1. The van der Waals surface area contributed by atoms with Gasteiger partial charge in [0.25, 0.3) is 0 Å². The lowest BCUT2D eigenvalue weighted by molar-refractivity contribution is -0.127. The van der Waals surface area contributed by atoms with Gasteiger partial charge in [-0.25, -0.2) is 12.8 Å². The van der Waals surface area contributed by atoms with E-state index in [1.54, 1.807) is 0 Å². The van der Waals surface area contributed by atoms with Crippen molar-refractivity contribution in [3.63, 3.8) is 0 Å². The Morgan fingerprint density at radius 3 is 2.34 bits per heavy atom. The van der Waals surface area contributed by atoms with Crippen LogP contribution in [0.3, 0.4) is 0 Å². The number of halogens is 2. The van der Waals surface area contributed by atoms with E-state index < -0.39 is 15.8 Å². The summed E-state index contributed by atoms with van der Waals surface area (Å²) in [5.74, 6) is -0.637. The highest BCUT2D eigenvalue weighted by atomic mass is 35.5. The van der Waals surface area contributed by atoms with Crippen LogP contribution in [0.4, 0.5) is 4.39 Å². The lowest BCUT2D eigenvalue weighted by atomic mass is 10.1. The summed E-state index contributed by atoms with van der Waals surface area (Å²) < 4.78 is 40.3. The average molecular weight is 446 g/mol. The molecule has 162 valence electrons. The lowest BCUT2D eigenvalue weighted by Gasteiger charge is -2.37. The number of hydrogen-bond donors (Lipinski definition) is 1. The van der Waals surface area contributed by atoms with E-state index in [1.807, 2.05) is 11.8 Å². The minimum Gasteiger partial charge on any atom is -0.352 e. The number of hydrogen-bond acceptors (Lipinski definition) is 4. The van der Waals surface area contributed by atoms with Gasteiger partial charge in [0.15, 0.2) is 0 Å². The third-order valence-electron chi connectivity index (χ3n) is 5.93. The maximum absolute atomic E-state index is 13.4. The SMILES string of the molecule is C[C@@H](C(=O)NC1CCCCCC1)N1CCN(S(=O)(=O)c2ccc(F)c(Cl)c2)CC1. The Morgan fingerprint density at radius 2 is 1.76 bits per heavy atom. The van der Waals surface area contributed by atoms with Crippen molar-refractivity contribution >= 4 is 27.5 Å². The van der Waals surface area contributed by atoms with Gasteiger partial charge in [0.1, 0.15) is 5.82 Å². The highest BCUT2D eigenvalue weighted by Crippen LogP contribution is 2.24. The van der Waals surface area contributed by atoms with Crippen LogP contribution in [-0.4, -0.2) is 61.8 Å². The van der Waals surface area contributed by atoms with Crippen molar-refractivity contribution in [3.05, 3.63) is 29.0 Å². The van der Waals surface area contributed by atoms with Gasteiger partial charge in [-0.15, -0.1) is 0 Å². The molecule has 1 saturated carbocycles. The van der Waals surface area contributed by atoms with Crippen LogP contribution in [0, 0.1) is 5.82 Å². The van der Waals surface area contributed by atoms with Crippen LogP contribution in [0.2, 0.25) is 5.02 Å². The molecule has 1 amide bonds. The van der Waals surface area contributed by atoms with Crippen molar-refractivity contribution in [2.75, 3.05) is 26.2 Å². The van der Waals surface area contributed by atoms with Crippen molar-refractivity contribution in [3.8, 4) is 0 Å². The molecule has 0 spiro atoms. The Morgan fingerprint density at radius 1 is 1.14 bits per heavy atom. The van der Waals surface area contributed by atoms with E-state index in [9.17, 15) is 17.6 Å². The maximum atomic E-state index is 13.4. The lowest BCUT2D eigenvalue weighted by Crippen LogP contribution is -2.55. The third kappa shape index (κ3) is 5.48. The van der Waals surface area contributed by atoms with Gasteiger partial charge in [0, 0.05) is 32.2 Å². The number of amides is 1. The number of nitrogens with zero attached hydrogens (tertiary/aromatic N) is 2. The van der Waals surface area contributed by atoms with Crippen LogP contribution in [0.15, 0.2) is 23.1 Å². The van der Waals surface area contributed by atoms with Crippen molar-refractivity contribution in [1.29, 1.82) is 0 Å². The first-order valence-electron chi connectivity index (χ1n) is 10.3. The molecule has 2 aliphatic rings. The summed E-state index contributed by atoms with van der Waals surface area (Å²) in [4.78, 5) is 14.6. The van der Waals surface area contributed by atoms with Crippen LogP contribution in [0.1, 0.15) is 45.4 Å². The summed E-state index contributed by atoms with van der Waals surface area (Å²) in [6.45, 7) is 3.35. The van der Waals surface area contributed by atoms with Gasteiger partial charge in [-0.05, 0) is 38.0 Å². The van der Waals surface area contributed by atoms with E-state index in [0.29, 0.717) is 13.1 Å². The van der Waals surface area contributed by atoms with E-state index in [2.05, 4.69) is 5.32 Å². The zero-order valence-corrected chi connectivity index (χ0v) is 18.3. The Labute approximate surface area is 177 Å². The first-order valence-corrected chi connectivity index (χ1v) is 12.1. The molecule has 29 heavy (non-hydrogen) atoms. The second kappa shape index (κ2) is 9.73. The van der Waals surface area contributed by atoms with Gasteiger partial charge in [-0.3, -0.25) is 9.69 Å². The van der Waals surface area contributed by atoms with Crippen molar-refractivity contribution in [2.24, 2.45) is 0 Å². The molecule has 0 bridgehead atoms. The van der Waals surface area contributed by atoms with Gasteiger partial charge >= 0.3 is 0 Å². The van der Waals surface area contributed by atoms with Gasteiger partial charge in [-0.1, -0.05) is 37.3 Å². The molecule has 1 saturated heterocycles. The number of carbonyl (C=O) groups excluding carboxylic acids is 1. The normalized spacial score (nSPS) is 21.5. The summed E-state index contributed by atoms with van der Waals surface area (Å²) in [5.41, 5.74) is 0. The average Bonchev–Trinajstić information content (AvgIpc) is 2.98. The Balaban J connectivity index is 1.56. The summed E-state index contributed by atoms with van der Waals surface area (Å²) in [5, 5.41) is 2.96. The standard InChI is InChI=1S/C20H29ClFN3O3S/c1-15(20(26)23-16-6-4-2-3-5-7-16)24-10-12-25(13-11-24)29(27,28)17-8-9-19(22)18(21)14-17/h8-9,14-16H,2-7,10-13H2,1H3,(H,23,26)/t15-/m0/s1. The predicted molar refractivity (Wildman–Crippen MR) is 111 cm³/mol. The molecular weight excluding hydrogens is 417 g/mol. The molecule has 1 aliphatic carbocycles. The molecule has 9 heteroatoms. The van der Waals surface area contributed by atoms with Gasteiger partial charge in [0.2, 0.25) is 15.9 Å². The summed E-state index contributed by atoms with van der Waals surface area (Å²) in [6.07, 6.45) is 6.84. The third-order valence-corrected chi connectivity index (χ3v) is 8.12. The van der Waals surface area contributed by atoms with E-state index in [0.717, 1.165) is 37.8 Å². The summed E-state index contributed by atoms with van der Waals surface area (Å²) >= 11 is 5.74. The largest absolute Gasteiger partial charge is 0.352 e. The molecule has 6 nitrogen and oxygen atoms in total. The van der Waals surface area contributed by atoms with Crippen LogP contribution in [0.25, 0.3) is 0 Å². The van der Waals surface area contributed by atoms with E-state index in [1.165, 1.54) is 23.2 Å². The number of nitrogens with one attached hydrogen (secondary N) is 1. The van der Waals surface area contributed by atoms with Crippen molar-refractivity contribution in [2.45, 2.75) is 62.4 Å². The van der Waals surface area contributed by atoms with E-state index in [-0.39, 0.29) is 41.0 Å².